The van der Waals surface area contributed by atoms with Crippen LogP contribution < -0.4 is 0 Å². The lowest BCUT2D eigenvalue weighted by Gasteiger charge is -2.44. The van der Waals surface area contributed by atoms with Crippen molar-refractivity contribution in [1.82, 2.24) is 0 Å². The van der Waals surface area contributed by atoms with E-state index in [0.717, 1.165) is 32.1 Å². The van der Waals surface area contributed by atoms with E-state index in [-0.39, 0.29) is 41.9 Å². The molecule has 2 fully saturated rings. The number of ether oxygens (including phenoxy) is 4. The van der Waals surface area contributed by atoms with Gasteiger partial charge in [0, 0.05) is 18.9 Å². The molecule has 2 saturated heterocycles. The Labute approximate surface area is 188 Å². The van der Waals surface area contributed by atoms with Crippen molar-refractivity contribution in [2.75, 3.05) is 13.2 Å². The summed E-state index contributed by atoms with van der Waals surface area (Å²) in [5, 5.41) is 0. The van der Waals surface area contributed by atoms with Gasteiger partial charge in [0.2, 0.25) is 0 Å². The van der Waals surface area contributed by atoms with E-state index >= 15 is 0 Å². The van der Waals surface area contributed by atoms with Crippen molar-refractivity contribution >= 4 is 11.6 Å². The Morgan fingerprint density at radius 2 is 1.84 bits per heavy atom. The summed E-state index contributed by atoms with van der Waals surface area (Å²) in [5.74, 6) is -0.497. The topological polar surface area (TPSA) is 71.1 Å². The molecule has 2 unspecified atom stereocenters. The third-order valence-corrected chi connectivity index (χ3v) is 6.80. The van der Waals surface area contributed by atoms with Gasteiger partial charge in [-0.3, -0.25) is 4.79 Å². The molecule has 0 saturated carbocycles. The molecule has 180 valence electrons. The Bertz CT molecular complexity index is 593. The van der Waals surface area contributed by atoms with Crippen LogP contribution in [0.25, 0.3) is 0 Å². The molecule has 0 radical (unpaired) electrons. The highest BCUT2D eigenvalue weighted by Gasteiger charge is 2.46. The molecule has 6 nitrogen and oxygen atoms in total. The van der Waals surface area contributed by atoms with Gasteiger partial charge in [-0.15, -0.1) is 0 Å². The molecule has 0 aliphatic carbocycles. The van der Waals surface area contributed by atoms with Gasteiger partial charge >= 0.3 is 0 Å². The highest BCUT2D eigenvalue weighted by Crippen LogP contribution is 2.38. The first-order valence-electron chi connectivity index (χ1n) is 12.1. The van der Waals surface area contributed by atoms with E-state index in [4.69, 9.17) is 18.9 Å². The maximum absolute atomic E-state index is 13.7. The van der Waals surface area contributed by atoms with Gasteiger partial charge in [-0.05, 0) is 65.2 Å². The molecule has 6 heteroatoms. The number of hydrogen-bond acceptors (Lipinski definition) is 6. The molecule has 0 aromatic carbocycles. The first kappa shape index (κ1) is 26.4. The number of carbonyl (C=O) groups excluding carboxylic acids is 2. The third kappa shape index (κ3) is 7.62. The van der Waals surface area contributed by atoms with Crippen molar-refractivity contribution < 1.29 is 28.5 Å². The molecule has 0 amide bonds. The fraction of sp³-hybridized carbons (Fsp3) is 0.920. The van der Waals surface area contributed by atoms with Crippen LogP contribution in [0.2, 0.25) is 0 Å². The number of ketones is 2. The van der Waals surface area contributed by atoms with Crippen LogP contribution in [-0.4, -0.2) is 49.1 Å². The summed E-state index contributed by atoms with van der Waals surface area (Å²) >= 11 is 0. The van der Waals surface area contributed by atoms with Crippen LogP contribution in [0.4, 0.5) is 0 Å². The van der Waals surface area contributed by atoms with Crippen LogP contribution >= 0.6 is 0 Å². The predicted octanol–water partition coefficient (Wildman–Crippen LogP) is 5.07. The molecular weight excluding hydrogens is 396 g/mol. The standard InChI is InChI=1S/C25H44O6/c1-17(11-10-12-18(2)26)22(30-21-13-8-9-15-28-21)19(3)23(27)24(4,5)20-14-16-29-25(6,7)31-20/h17,19-22H,8-16H2,1-7H3/t17-,19?,20-,21?,22-/m0/s1. The smallest absolute Gasteiger partial charge is 0.163 e. The van der Waals surface area contributed by atoms with Gasteiger partial charge in [0.25, 0.3) is 0 Å². The van der Waals surface area contributed by atoms with Crippen molar-refractivity contribution in [2.24, 2.45) is 17.3 Å². The van der Waals surface area contributed by atoms with Gasteiger partial charge in [-0.25, -0.2) is 0 Å². The quantitative estimate of drug-likeness (QED) is 0.447. The van der Waals surface area contributed by atoms with Crippen molar-refractivity contribution in [2.45, 2.75) is 118 Å². The lowest BCUT2D eigenvalue weighted by atomic mass is 9.72. The SMILES string of the molecule is CC(=O)CCC[C@H](C)[C@H](OC1CCCCO1)C(C)C(=O)C(C)(C)[C@@H]1CCOC(C)(C)O1. The van der Waals surface area contributed by atoms with E-state index in [1.165, 1.54) is 0 Å². The van der Waals surface area contributed by atoms with E-state index in [2.05, 4.69) is 6.92 Å². The summed E-state index contributed by atoms with van der Waals surface area (Å²) in [6.45, 7) is 14.8. The molecule has 0 aromatic rings. The first-order valence-corrected chi connectivity index (χ1v) is 12.1. The Kier molecular flexibility index (Phi) is 9.68. The normalized spacial score (nSPS) is 27.3. The average Bonchev–Trinajstić information content (AvgIpc) is 2.70. The Balaban J connectivity index is 2.13. The van der Waals surface area contributed by atoms with Crippen LogP contribution in [0.1, 0.15) is 93.4 Å². The van der Waals surface area contributed by atoms with Gasteiger partial charge < -0.3 is 23.7 Å². The minimum absolute atomic E-state index is 0.145. The third-order valence-electron chi connectivity index (χ3n) is 6.80. The molecule has 0 spiro atoms. The zero-order chi connectivity index (χ0) is 23.2. The fourth-order valence-corrected chi connectivity index (χ4v) is 4.83. The summed E-state index contributed by atoms with van der Waals surface area (Å²) in [5.41, 5.74) is -0.658. The zero-order valence-electron chi connectivity index (χ0n) is 20.7. The molecule has 2 heterocycles. The summed E-state index contributed by atoms with van der Waals surface area (Å²) in [4.78, 5) is 25.1. The Morgan fingerprint density at radius 1 is 1.13 bits per heavy atom. The molecule has 31 heavy (non-hydrogen) atoms. The number of Topliss-reactive ketones (excluding diaryl/α,β-unsaturated/α-hetero) is 2. The molecule has 5 atom stereocenters. The molecule has 0 aromatic heterocycles. The lowest BCUT2D eigenvalue weighted by Crippen LogP contribution is -2.52. The van der Waals surface area contributed by atoms with Gasteiger partial charge in [-0.2, -0.15) is 0 Å². The average molecular weight is 441 g/mol. The Morgan fingerprint density at radius 3 is 2.42 bits per heavy atom. The lowest BCUT2D eigenvalue weighted by molar-refractivity contribution is -0.289. The molecular formula is C25H44O6. The van der Waals surface area contributed by atoms with Gasteiger partial charge in [0.1, 0.15) is 11.6 Å². The Hall–Kier alpha value is -0.820. The van der Waals surface area contributed by atoms with Gasteiger partial charge in [-0.1, -0.05) is 27.7 Å². The highest BCUT2D eigenvalue weighted by molar-refractivity contribution is 5.87. The molecule has 0 bridgehead atoms. The maximum Gasteiger partial charge on any atom is 0.163 e. The minimum Gasteiger partial charge on any atom is -0.353 e. The number of rotatable bonds is 11. The number of carbonyl (C=O) groups is 2. The predicted molar refractivity (Wildman–Crippen MR) is 120 cm³/mol. The molecule has 2 aliphatic rings. The molecule has 2 rings (SSSR count). The van der Waals surface area contributed by atoms with E-state index in [9.17, 15) is 9.59 Å². The maximum atomic E-state index is 13.7. The van der Waals surface area contributed by atoms with Crippen LogP contribution in [0.5, 0.6) is 0 Å². The van der Waals surface area contributed by atoms with Gasteiger partial charge in [0.05, 0.1) is 24.2 Å². The fourth-order valence-electron chi connectivity index (χ4n) is 4.83. The van der Waals surface area contributed by atoms with Gasteiger partial charge in [0.15, 0.2) is 12.1 Å². The summed E-state index contributed by atoms with van der Waals surface area (Å²) in [6, 6.07) is 0. The highest BCUT2D eigenvalue weighted by atomic mass is 16.7. The summed E-state index contributed by atoms with van der Waals surface area (Å²) < 4.78 is 24.1. The van der Waals surface area contributed by atoms with E-state index < -0.39 is 11.2 Å². The van der Waals surface area contributed by atoms with E-state index in [0.29, 0.717) is 26.1 Å². The molecule has 0 N–H and O–H groups in total. The monoisotopic (exact) mass is 440 g/mol. The second-order valence-corrected chi connectivity index (χ2v) is 10.5. The summed E-state index contributed by atoms with van der Waals surface area (Å²) in [6.07, 6.45) is 5.19. The molecule has 2 aliphatic heterocycles. The van der Waals surface area contributed by atoms with Crippen LogP contribution in [0, 0.1) is 17.3 Å². The van der Waals surface area contributed by atoms with Crippen LogP contribution in [0.3, 0.4) is 0 Å². The zero-order valence-corrected chi connectivity index (χ0v) is 20.7. The van der Waals surface area contributed by atoms with Crippen molar-refractivity contribution in [1.29, 1.82) is 0 Å². The van der Waals surface area contributed by atoms with Crippen LogP contribution in [-0.2, 0) is 28.5 Å². The second kappa shape index (κ2) is 11.4. The van der Waals surface area contributed by atoms with E-state index in [1.807, 2.05) is 34.6 Å². The van der Waals surface area contributed by atoms with Crippen molar-refractivity contribution in [3.8, 4) is 0 Å². The summed E-state index contributed by atoms with van der Waals surface area (Å²) in [7, 11) is 0. The second-order valence-electron chi connectivity index (χ2n) is 10.5. The largest absolute Gasteiger partial charge is 0.353 e. The van der Waals surface area contributed by atoms with Crippen molar-refractivity contribution in [3.05, 3.63) is 0 Å². The number of hydrogen-bond donors (Lipinski definition) is 0. The first-order chi connectivity index (χ1) is 14.4. The van der Waals surface area contributed by atoms with E-state index in [1.54, 1.807) is 6.92 Å². The van der Waals surface area contributed by atoms with Crippen LogP contribution in [0.15, 0.2) is 0 Å². The van der Waals surface area contributed by atoms with Crippen molar-refractivity contribution in [3.63, 3.8) is 0 Å². The minimum atomic E-state index is -0.685.